The first-order chi connectivity index (χ1) is 11.6. The molecule has 0 aliphatic carbocycles. The molecule has 2 aromatic carbocycles. The van der Waals surface area contributed by atoms with E-state index in [1.54, 1.807) is 24.3 Å². The van der Waals surface area contributed by atoms with Crippen LogP contribution in [0.5, 0.6) is 0 Å². The van der Waals surface area contributed by atoms with E-state index in [0.29, 0.717) is 17.9 Å². The van der Waals surface area contributed by atoms with E-state index in [0.717, 1.165) is 5.56 Å². The van der Waals surface area contributed by atoms with Gasteiger partial charge in [-0.1, -0.05) is 36.4 Å². The molecule has 0 saturated carbocycles. The number of nitrogens with one attached hydrogen (secondary N) is 3. The molecule has 3 amide bonds. The molecule has 0 radical (unpaired) electrons. The summed E-state index contributed by atoms with van der Waals surface area (Å²) in [6.07, 6.45) is -0.703. The number of ether oxygens (including phenoxy) is 1. The van der Waals surface area contributed by atoms with Crippen molar-refractivity contribution in [3.05, 3.63) is 60.2 Å². The lowest BCUT2D eigenvalue weighted by molar-refractivity contribution is -0.126. The summed E-state index contributed by atoms with van der Waals surface area (Å²) in [5.41, 5.74) is 1.94. The number of urea groups is 1. The number of carbonyl (C=O) groups is 2. The molecular formula is C18H21N3O3. The van der Waals surface area contributed by atoms with Crippen LogP contribution >= 0.6 is 0 Å². The van der Waals surface area contributed by atoms with Gasteiger partial charge in [-0.15, -0.1) is 0 Å². The monoisotopic (exact) mass is 327 g/mol. The maximum atomic E-state index is 12.4. The third-order valence-corrected chi connectivity index (χ3v) is 3.30. The van der Waals surface area contributed by atoms with E-state index < -0.39 is 6.10 Å². The Morgan fingerprint density at radius 1 is 1.00 bits per heavy atom. The van der Waals surface area contributed by atoms with E-state index in [1.165, 1.54) is 7.11 Å². The first-order valence-electron chi connectivity index (χ1n) is 7.67. The van der Waals surface area contributed by atoms with Gasteiger partial charge in [0, 0.05) is 25.0 Å². The Morgan fingerprint density at radius 3 is 2.29 bits per heavy atom. The zero-order chi connectivity index (χ0) is 17.4. The lowest BCUT2D eigenvalue weighted by Gasteiger charge is -2.16. The largest absolute Gasteiger partial charge is 0.367 e. The number of anilines is 2. The van der Waals surface area contributed by atoms with Gasteiger partial charge in [-0.2, -0.15) is 0 Å². The van der Waals surface area contributed by atoms with Crippen molar-refractivity contribution in [3.8, 4) is 0 Å². The Kier molecular flexibility index (Phi) is 6.33. The molecule has 0 aromatic heterocycles. The van der Waals surface area contributed by atoms with Gasteiger partial charge >= 0.3 is 6.03 Å². The van der Waals surface area contributed by atoms with Crippen LogP contribution in [-0.2, 0) is 9.53 Å². The minimum absolute atomic E-state index is 0.279. The van der Waals surface area contributed by atoms with E-state index in [1.807, 2.05) is 37.3 Å². The molecule has 0 fully saturated rings. The van der Waals surface area contributed by atoms with Crippen molar-refractivity contribution in [2.75, 3.05) is 24.3 Å². The molecule has 24 heavy (non-hydrogen) atoms. The van der Waals surface area contributed by atoms with E-state index in [9.17, 15) is 9.59 Å². The fourth-order valence-corrected chi connectivity index (χ4v) is 2.24. The highest BCUT2D eigenvalue weighted by Crippen LogP contribution is 2.20. The smallest absolute Gasteiger partial charge is 0.319 e. The van der Waals surface area contributed by atoms with Crippen molar-refractivity contribution >= 4 is 23.3 Å². The summed E-state index contributed by atoms with van der Waals surface area (Å²) in [6, 6.07) is 15.9. The molecule has 0 bridgehead atoms. The molecule has 0 aliphatic heterocycles. The van der Waals surface area contributed by atoms with E-state index >= 15 is 0 Å². The minimum Gasteiger partial charge on any atom is -0.367 e. The summed E-state index contributed by atoms with van der Waals surface area (Å²) >= 11 is 0. The average Bonchev–Trinajstić information content (AvgIpc) is 2.57. The topological polar surface area (TPSA) is 79.5 Å². The highest BCUT2D eigenvalue weighted by Gasteiger charge is 2.19. The second-order valence-corrected chi connectivity index (χ2v) is 5.08. The van der Waals surface area contributed by atoms with E-state index in [4.69, 9.17) is 4.74 Å². The quantitative estimate of drug-likeness (QED) is 0.762. The summed E-state index contributed by atoms with van der Waals surface area (Å²) in [7, 11) is 1.49. The summed E-state index contributed by atoms with van der Waals surface area (Å²) in [5, 5.41) is 8.15. The zero-order valence-corrected chi connectivity index (χ0v) is 13.7. The number of carbonyl (C=O) groups excluding carboxylic acids is 2. The van der Waals surface area contributed by atoms with Crippen molar-refractivity contribution in [1.82, 2.24) is 5.32 Å². The average molecular weight is 327 g/mol. The molecule has 1 unspecified atom stereocenters. The third-order valence-electron chi connectivity index (χ3n) is 3.30. The van der Waals surface area contributed by atoms with Gasteiger partial charge in [-0.25, -0.2) is 4.79 Å². The number of methoxy groups -OCH3 is 1. The van der Waals surface area contributed by atoms with E-state index in [2.05, 4.69) is 16.0 Å². The van der Waals surface area contributed by atoms with Gasteiger partial charge in [-0.05, 0) is 30.7 Å². The molecule has 6 heteroatoms. The van der Waals surface area contributed by atoms with Gasteiger partial charge in [-0.3, -0.25) is 4.79 Å². The van der Waals surface area contributed by atoms with Gasteiger partial charge in [0.2, 0.25) is 0 Å². The van der Waals surface area contributed by atoms with Crippen LogP contribution in [0.3, 0.4) is 0 Å². The Labute approximate surface area is 141 Å². The van der Waals surface area contributed by atoms with Crippen LogP contribution in [-0.4, -0.2) is 25.6 Å². The van der Waals surface area contributed by atoms with Gasteiger partial charge in [0.15, 0.2) is 6.10 Å². The number of benzene rings is 2. The minimum atomic E-state index is -0.703. The molecular weight excluding hydrogens is 306 g/mol. The Morgan fingerprint density at radius 2 is 1.67 bits per heavy atom. The molecule has 2 aromatic rings. The second-order valence-electron chi connectivity index (χ2n) is 5.08. The Balaban J connectivity index is 2.07. The molecule has 0 heterocycles. The third kappa shape index (κ3) is 4.82. The van der Waals surface area contributed by atoms with Gasteiger partial charge in [0.25, 0.3) is 5.91 Å². The molecule has 0 saturated heterocycles. The van der Waals surface area contributed by atoms with Gasteiger partial charge in [0.05, 0.1) is 0 Å². The maximum Gasteiger partial charge on any atom is 0.319 e. The van der Waals surface area contributed by atoms with Crippen LogP contribution in [0.2, 0.25) is 0 Å². The lowest BCUT2D eigenvalue weighted by Crippen LogP contribution is -2.28. The number of amides is 3. The van der Waals surface area contributed by atoms with Crippen LogP contribution in [0.4, 0.5) is 16.2 Å². The van der Waals surface area contributed by atoms with Crippen LogP contribution in [0.1, 0.15) is 18.6 Å². The lowest BCUT2D eigenvalue weighted by atomic mass is 10.1. The Hall–Kier alpha value is -2.86. The van der Waals surface area contributed by atoms with Crippen LogP contribution < -0.4 is 16.0 Å². The summed E-state index contributed by atoms with van der Waals surface area (Å²) in [4.78, 5) is 24.0. The fourth-order valence-electron chi connectivity index (χ4n) is 2.24. The zero-order valence-electron chi connectivity index (χ0n) is 13.7. The molecule has 2 rings (SSSR count). The molecule has 0 spiro atoms. The van der Waals surface area contributed by atoms with Crippen molar-refractivity contribution in [3.63, 3.8) is 0 Å². The normalized spacial score (nSPS) is 11.4. The molecule has 6 nitrogen and oxygen atoms in total. The number of rotatable bonds is 6. The Bertz CT molecular complexity index is 689. The van der Waals surface area contributed by atoms with Gasteiger partial charge < -0.3 is 20.7 Å². The fraction of sp³-hybridized carbons (Fsp3) is 0.222. The standard InChI is InChI=1S/C18H21N3O3/c1-3-19-18(23)21-15-11-7-10-14(12-15)20-17(22)16(24-2)13-8-5-4-6-9-13/h4-12,16H,3H2,1-2H3,(H,20,22)(H2,19,21,23). The first-order valence-corrected chi connectivity index (χ1v) is 7.67. The van der Waals surface area contributed by atoms with Gasteiger partial charge in [0.1, 0.15) is 0 Å². The van der Waals surface area contributed by atoms with Crippen molar-refractivity contribution in [2.24, 2.45) is 0 Å². The first kappa shape index (κ1) is 17.5. The number of hydrogen-bond acceptors (Lipinski definition) is 3. The number of hydrogen-bond donors (Lipinski definition) is 3. The van der Waals surface area contributed by atoms with E-state index in [-0.39, 0.29) is 11.9 Å². The summed E-state index contributed by atoms with van der Waals surface area (Å²) in [5.74, 6) is -0.279. The van der Waals surface area contributed by atoms with Crippen molar-refractivity contribution in [1.29, 1.82) is 0 Å². The molecule has 1 atom stereocenters. The van der Waals surface area contributed by atoms with Crippen LogP contribution in [0.15, 0.2) is 54.6 Å². The maximum absolute atomic E-state index is 12.4. The second kappa shape index (κ2) is 8.69. The highest BCUT2D eigenvalue weighted by molar-refractivity contribution is 5.96. The summed E-state index contributed by atoms with van der Waals surface area (Å²) < 4.78 is 5.31. The van der Waals surface area contributed by atoms with Crippen molar-refractivity contribution in [2.45, 2.75) is 13.0 Å². The highest BCUT2D eigenvalue weighted by atomic mass is 16.5. The molecule has 0 aliphatic rings. The predicted molar refractivity (Wildman–Crippen MR) is 94.0 cm³/mol. The predicted octanol–water partition coefficient (Wildman–Crippen LogP) is 3.15. The molecule has 126 valence electrons. The molecule has 3 N–H and O–H groups in total. The summed E-state index contributed by atoms with van der Waals surface area (Å²) in [6.45, 7) is 2.37. The van der Waals surface area contributed by atoms with Crippen LogP contribution in [0.25, 0.3) is 0 Å². The SMILES string of the molecule is CCNC(=O)Nc1cccc(NC(=O)C(OC)c2ccccc2)c1. The van der Waals surface area contributed by atoms with Crippen LogP contribution in [0, 0.1) is 0 Å². The van der Waals surface area contributed by atoms with Crippen molar-refractivity contribution < 1.29 is 14.3 Å².